The fraction of sp³-hybridized carbons (Fsp3) is 0.833. The van der Waals surface area contributed by atoms with Crippen LogP contribution in [0.4, 0.5) is 0 Å². The van der Waals surface area contributed by atoms with E-state index in [4.69, 9.17) is 5.26 Å². The highest BCUT2D eigenvalue weighted by molar-refractivity contribution is 5.91. The van der Waals surface area contributed by atoms with Gasteiger partial charge in [-0.05, 0) is 37.8 Å². The number of amides is 1. The van der Waals surface area contributed by atoms with Gasteiger partial charge in [-0.1, -0.05) is 13.8 Å². The van der Waals surface area contributed by atoms with Crippen LogP contribution in [0.1, 0.15) is 26.7 Å². The Morgan fingerprint density at radius 1 is 1.62 bits per heavy atom. The zero-order chi connectivity index (χ0) is 12.2. The molecular weight excluding hydrogens is 202 g/mol. The highest BCUT2D eigenvalue weighted by Crippen LogP contribution is 2.32. The molecule has 4 heteroatoms. The standard InChI is InChI=1S/C12H21N3O/c1-12(2,9-14-11(16)7-13)10-5-4-6-15(3)8-10/h10H,4-6,8-9H2,1-3H3,(H,14,16). The average Bonchev–Trinajstić information content (AvgIpc) is 2.26. The summed E-state index contributed by atoms with van der Waals surface area (Å²) in [7, 11) is 2.14. The first-order valence-electron chi connectivity index (χ1n) is 5.82. The minimum atomic E-state index is -0.530. The summed E-state index contributed by atoms with van der Waals surface area (Å²) in [4.78, 5) is 13.3. The van der Waals surface area contributed by atoms with Gasteiger partial charge in [-0.2, -0.15) is 5.26 Å². The minimum Gasteiger partial charge on any atom is -0.343 e. The smallest absolute Gasteiger partial charge is 0.322 e. The lowest BCUT2D eigenvalue weighted by Crippen LogP contribution is -2.45. The lowest BCUT2D eigenvalue weighted by Gasteiger charge is -2.40. The first kappa shape index (κ1) is 13.0. The lowest BCUT2D eigenvalue weighted by molar-refractivity contribution is -0.116. The van der Waals surface area contributed by atoms with E-state index in [9.17, 15) is 4.79 Å². The second kappa shape index (κ2) is 5.31. The Morgan fingerprint density at radius 2 is 2.31 bits per heavy atom. The Labute approximate surface area is 97.6 Å². The molecule has 1 aliphatic rings. The van der Waals surface area contributed by atoms with Crippen LogP contribution in [-0.4, -0.2) is 37.5 Å². The van der Waals surface area contributed by atoms with Crippen LogP contribution in [0.5, 0.6) is 0 Å². The Morgan fingerprint density at radius 3 is 2.88 bits per heavy atom. The molecule has 1 saturated heterocycles. The Hall–Kier alpha value is -1.08. The summed E-state index contributed by atoms with van der Waals surface area (Å²) in [6.45, 7) is 7.15. The maximum Gasteiger partial charge on any atom is 0.322 e. The van der Waals surface area contributed by atoms with Crippen molar-refractivity contribution in [3.63, 3.8) is 0 Å². The van der Waals surface area contributed by atoms with Gasteiger partial charge in [0.1, 0.15) is 0 Å². The zero-order valence-corrected chi connectivity index (χ0v) is 10.4. The molecule has 1 atom stereocenters. The molecule has 1 amide bonds. The fourth-order valence-corrected chi connectivity index (χ4v) is 2.30. The van der Waals surface area contributed by atoms with Crippen molar-refractivity contribution in [2.75, 3.05) is 26.7 Å². The predicted octanol–water partition coefficient (Wildman–Crippen LogP) is 0.994. The molecular formula is C12H21N3O. The van der Waals surface area contributed by atoms with E-state index >= 15 is 0 Å². The molecule has 4 nitrogen and oxygen atoms in total. The third kappa shape index (κ3) is 3.49. The second-order valence-corrected chi connectivity index (χ2v) is 5.38. The maximum atomic E-state index is 10.9. The number of rotatable bonds is 3. The molecule has 1 heterocycles. The van der Waals surface area contributed by atoms with Crippen LogP contribution >= 0.6 is 0 Å². The third-order valence-electron chi connectivity index (χ3n) is 3.54. The highest BCUT2D eigenvalue weighted by atomic mass is 16.1. The molecule has 1 N–H and O–H groups in total. The molecule has 90 valence electrons. The number of nitrogens with zero attached hydrogens (tertiary/aromatic N) is 2. The van der Waals surface area contributed by atoms with Crippen LogP contribution in [0.15, 0.2) is 0 Å². The number of piperidine rings is 1. The lowest BCUT2D eigenvalue weighted by atomic mass is 9.74. The third-order valence-corrected chi connectivity index (χ3v) is 3.54. The number of hydrogen-bond acceptors (Lipinski definition) is 3. The van der Waals surface area contributed by atoms with Crippen molar-refractivity contribution in [3.05, 3.63) is 0 Å². The Balaban J connectivity index is 2.49. The summed E-state index contributed by atoms with van der Waals surface area (Å²) in [6, 6.07) is 1.59. The van der Waals surface area contributed by atoms with Gasteiger partial charge in [-0.25, -0.2) is 0 Å². The quantitative estimate of drug-likeness (QED) is 0.726. The SMILES string of the molecule is CN1CCCC(C(C)(C)CNC(=O)C#N)C1. The fourth-order valence-electron chi connectivity index (χ4n) is 2.30. The number of nitrogens with one attached hydrogen (secondary N) is 1. The summed E-state index contributed by atoms with van der Waals surface area (Å²) in [5.74, 6) is 0.0579. The van der Waals surface area contributed by atoms with Crippen LogP contribution in [0, 0.1) is 22.7 Å². The molecule has 1 unspecified atom stereocenters. The molecule has 0 bridgehead atoms. The van der Waals surface area contributed by atoms with E-state index in [1.165, 1.54) is 12.8 Å². The van der Waals surface area contributed by atoms with Gasteiger partial charge in [-0.3, -0.25) is 4.79 Å². The van der Waals surface area contributed by atoms with Gasteiger partial charge in [0.05, 0.1) is 0 Å². The summed E-state index contributed by atoms with van der Waals surface area (Å²) >= 11 is 0. The number of hydrogen-bond donors (Lipinski definition) is 1. The first-order valence-corrected chi connectivity index (χ1v) is 5.82. The molecule has 0 saturated carbocycles. The summed E-state index contributed by atoms with van der Waals surface area (Å²) < 4.78 is 0. The Kier molecular flexibility index (Phi) is 4.31. The van der Waals surface area contributed by atoms with E-state index in [-0.39, 0.29) is 5.41 Å². The van der Waals surface area contributed by atoms with Crippen LogP contribution in [0.25, 0.3) is 0 Å². The van der Waals surface area contributed by atoms with E-state index in [0.717, 1.165) is 13.1 Å². The Bertz CT molecular complexity index is 293. The van der Waals surface area contributed by atoms with E-state index < -0.39 is 5.91 Å². The van der Waals surface area contributed by atoms with E-state index in [2.05, 4.69) is 31.1 Å². The van der Waals surface area contributed by atoms with Gasteiger partial charge in [-0.15, -0.1) is 0 Å². The molecule has 0 spiro atoms. The van der Waals surface area contributed by atoms with E-state index in [1.807, 2.05) is 0 Å². The average molecular weight is 223 g/mol. The summed E-state index contributed by atoms with van der Waals surface area (Å²) in [5.41, 5.74) is 0.0567. The normalized spacial score (nSPS) is 22.5. The number of likely N-dealkylation sites (tertiary alicyclic amines) is 1. The van der Waals surface area contributed by atoms with Crippen molar-refractivity contribution in [1.82, 2.24) is 10.2 Å². The minimum absolute atomic E-state index is 0.0567. The first-order chi connectivity index (χ1) is 7.45. The molecule has 0 aromatic heterocycles. The summed E-state index contributed by atoms with van der Waals surface area (Å²) in [5, 5.41) is 11.1. The van der Waals surface area contributed by atoms with Gasteiger partial charge in [0, 0.05) is 13.1 Å². The maximum absolute atomic E-state index is 10.9. The van der Waals surface area contributed by atoms with Crippen molar-refractivity contribution in [2.24, 2.45) is 11.3 Å². The van der Waals surface area contributed by atoms with Gasteiger partial charge in [0.2, 0.25) is 0 Å². The highest BCUT2D eigenvalue weighted by Gasteiger charge is 2.32. The summed E-state index contributed by atoms with van der Waals surface area (Å²) in [6.07, 6.45) is 2.43. The number of carbonyl (C=O) groups is 1. The van der Waals surface area contributed by atoms with E-state index in [1.54, 1.807) is 6.07 Å². The largest absolute Gasteiger partial charge is 0.343 e. The van der Waals surface area contributed by atoms with Crippen molar-refractivity contribution in [2.45, 2.75) is 26.7 Å². The topological polar surface area (TPSA) is 56.1 Å². The molecule has 1 fully saturated rings. The van der Waals surface area contributed by atoms with Crippen molar-refractivity contribution >= 4 is 5.91 Å². The predicted molar refractivity (Wildman–Crippen MR) is 62.6 cm³/mol. The molecule has 0 radical (unpaired) electrons. The second-order valence-electron chi connectivity index (χ2n) is 5.38. The van der Waals surface area contributed by atoms with Crippen LogP contribution in [-0.2, 0) is 4.79 Å². The van der Waals surface area contributed by atoms with E-state index in [0.29, 0.717) is 12.5 Å². The molecule has 16 heavy (non-hydrogen) atoms. The van der Waals surface area contributed by atoms with Gasteiger partial charge < -0.3 is 10.2 Å². The molecule has 0 aromatic rings. The zero-order valence-electron chi connectivity index (χ0n) is 10.4. The molecule has 0 aromatic carbocycles. The van der Waals surface area contributed by atoms with Crippen LogP contribution < -0.4 is 5.32 Å². The molecule has 0 aliphatic carbocycles. The van der Waals surface area contributed by atoms with Crippen molar-refractivity contribution in [3.8, 4) is 6.07 Å². The van der Waals surface area contributed by atoms with Gasteiger partial charge in [0.15, 0.2) is 6.07 Å². The van der Waals surface area contributed by atoms with Crippen LogP contribution in [0.3, 0.4) is 0 Å². The monoisotopic (exact) mass is 223 g/mol. The van der Waals surface area contributed by atoms with Gasteiger partial charge in [0.25, 0.3) is 0 Å². The molecule has 1 aliphatic heterocycles. The van der Waals surface area contributed by atoms with Crippen molar-refractivity contribution in [1.29, 1.82) is 5.26 Å². The van der Waals surface area contributed by atoms with Gasteiger partial charge >= 0.3 is 5.91 Å². The number of nitriles is 1. The van der Waals surface area contributed by atoms with Crippen molar-refractivity contribution < 1.29 is 4.79 Å². The van der Waals surface area contributed by atoms with Crippen LogP contribution in [0.2, 0.25) is 0 Å². The molecule has 1 rings (SSSR count). The number of carbonyl (C=O) groups excluding carboxylic acids is 1.